The summed E-state index contributed by atoms with van der Waals surface area (Å²) in [6, 6.07) is 5.26. The number of carbonyl (C=O) groups is 1. The van der Waals surface area contributed by atoms with E-state index in [1.807, 2.05) is 24.5 Å². The van der Waals surface area contributed by atoms with Crippen molar-refractivity contribution in [1.82, 2.24) is 0 Å². The lowest BCUT2D eigenvalue weighted by Gasteiger charge is -2.21. The first-order valence-electron chi connectivity index (χ1n) is 5.98. The molecule has 19 heavy (non-hydrogen) atoms. The van der Waals surface area contributed by atoms with Gasteiger partial charge in [-0.15, -0.1) is 12.4 Å². The van der Waals surface area contributed by atoms with Crippen molar-refractivity contribution in [2.24, 2.45) is 5.73 Å². The van der Waals surface area contributed by atoms with Gasteiger partial charge in [0.1, 0.15) is 0 Å². The monoisotopic (exact) mass is 320 g/mol. The van der Waals surface area contributed by atoms with Gasteiger partial charge in [0, 0.05) is 17.3 Å². The predicted molar refractivity (Wildman–Crippen MR) is 85.7 cm³/mol. The number of rotatable bonds is 4. The lowest BCUT2D eigenvalue weighted by atomic mass is 10.1. The number of anilines is 1. The van der Waals surface area contributed by atoms with Crippen LogP contribution in [0.4, 0.5) is 5.69 Å². The average Bonchev–Trinajstić information content (AvgIpc) is 2.80. The fraction of sp³-hybridized carbons (Fsp3) is 0.462. The molecule has 0 saturated heterocycles. The smallest absolute Gasteiger partial charge is 0.243 e. The second-order valence-corrected chi connectivity index (χ2v) is 5.76. The Kier molecular flexibility index (Phi) is 6.47. The van der Waals surface area contributed by atoms with Crippen LogP contribution in [-0.4, -0.2) is 30.5 Å². The Bertz CT molecular complexity index is 456. The standard InChI is InChI=1S/C13H17ClN2OS.ClH/c1-18-8-6-11(15)13(17)16-7-5-9-10(14)3-2-4-12(9)16;/h2-4,11H,5-8,15H2,1H3;1H/t11-;/m0./s1. The maximum Gasteiger partial charge on any atom is 0.243 e. The van der Waals surface area contributed by atoms with Gasteiger partial charge in [-0.05, 0) is 42.5 Å². The normalized spacial score (nSPS) is 14.8. The molecule has 1 aromatic carbocycles. The van der Waals surface area contributed by atoms with Gasteiger partial charge in [-0.2, -0.15) is 11.8 Å². The van der Waals surface area contributed by atoms with E-state index in [2.05, 4.69) is 0 Å². The summed E-state index contributed by atoms with van der Waals surface area (Å²) in [4.78, 5) is 14.0. The number of amides is 1. The highest BCUT2D eigenvalue weighted by Crippen LogP contribution is 2.33. The van der Waals surface area contributed by atoms with Crippen molar-refractivity contribution in [2.75, 3.05) is 23.5 Å². The highest BCUT2D eigenvalue weighted by Gasteiger charge is 2.28. The van der Waals surface area contributed by atoms with E-state index in [1.54, 1.807) is 16.7 Å². The summed E-state index contributed by atoms with van der Waals surface area (Å²) in [6.45, 7) is 0.685. The van der Waals surface area contributed by atoms with Crippen LogP contribution in [0.25, 0.3) is 0 Å². The largest absolute Gasteiger partial charge is 0.320 e. The lowest BCUT2D eigenvalue weighted by molar-refractivity contribution is -0.119. The van der Waals surface area contributed by atoms with Crippen LogP contribution in [0.3, 0.4) is 0 Å². The van der Waals surface area contributed by atoms with Crippen molar-refractivity contribution >= 4 is 47.4 Å². The number of hydrogen-bond donors (Lipinski definition) is 1. The average molecular weight is 321 g/mol. The summed E-state index contributed by atoms with van der Waals surface area (Å²) >= 11 is 7.84. The van der Waals surface area contributed by atoms with Gasteiger partial charge in [-0.25, -0.2) is 0 Å². The SMILES string of the molecule is CSCC[C@H](N)C(=O)N1CCc2c(Cl)cccc21.Cl. The second kappa shape index (κ2) is 7.39. The minimum absolute atomic E-state index is 0. The molecule has 1 atom stereocenters. The number of nitrogens with zero attached hydrogens (tertiary/aromatic N) is 1. The molecule has 0 unspecified atom stereocenters. The van der Waals surface area contributed by atoms with E-state index >= 15 is 0 Å². The fourth-order valence-corrected chi connectivity index (χ4v) is 2.94. The highest BCUT2D eigenvalue weighted by molar-refractivity contribution is 7.98. The number of hydrogen-bond acceptors (Lipinski definition) is 3. The van der Waals surface area contributed by atoms with Crippen LogP contribution in [0.2, 0.25) is 5.02 Å². The second-order valence-electron chi connectivity index (χ2n) is 4.37. The van der Waals surface area contributed by atoms with E-state index in [1.165, 1.54) is 0 Å². The third-order valence-corrected chi connectivity index (χ3v) is 4.18. The number of thioether (sulfide) groups is 1. The summed E-state index contributed by atoms with van der Waals surface area (Å²) < 4.78 is 0. The fourth-order valence-electron chi connectivity index (χ4n) is 2.19. The zero-order chi connectivity index (χ0) is 13.1. The molecule has 0 fully saturated rings. The van der Waals surface area contributed by atoms with Gasteiger partial charge in [0.05, 0.1) is 6.04 Å². The zero-order valence-corrected chi connectivity index (χ0v) is 13.2. The topological polar surface area (TPSA) is 46.3 Å². The van der Waals surface area contributed by atoms with Crippen LogP contribution >= 0.6 is 35.8 Å². The van der Waals surface area contributed by atoms with Crippen LogP contribution in [0.5, 0.6) is 0 Å². The van der Waals surface area contributed by atoms with Gasteiger partial charge in [0.15, 0.2) is 0 Å². The van der Waals surface area contributed by atoms with Gasteiger partial charge in [0.25, 0.3) is 0 Å². The van der Waals surface area contributed by atoms with E-state index in [9.17, 15) is 4.79 Å². The minimum atomic E-state index is -0.414. The van der Waals surface area contributed by atoms with Crippen molar-refractivity contribution in [1.29, 1.82) is 0 Å². The Morgan fingerprint density at radius 2 is 2.32 bits per heavy atom. The van der Waals surface area contributed by atoms with Gasteiger partial charge >= 0.3 is 0 Å². The molecule has 0 aliphatic carbocycles. The van der Waals surface area contributed by atoms with Crippen LogP contribution in [0, 0.1) is 0 Å². The van der Waals surface area contributed by atoms with E-state index in [0.29, 0.717) is 13.0 Å². The van der Waals surface area contributed by atoms with Crippen LogP contribution in [-0.2, 0) is 11.2 Å². The van der Waals surface area contributed by atoms with Gasteiger partial charge in [-0.3, -0.25) is 4.79 Å². The Balaban J connectivity index is 0.00000180. The molecule has 6 heteroatoms. The maximum atomic E-state index is 12.3. The quantitative estimate of drug-likeness (QED) is 0.927. The molecule has 0 bridgehead atoms. The number of benzene rings is 1. The van der Waals surface area contributed by atoms with Crippen molar-refractivity contribution in [3.63, 3.8) is 0 Å². The van der Waals surface area contributed by atoms with E-state index < -0.39 is 6.04 Å². The molecule has 3 nitrogen and oxygen atoms in total. The third-order valence-electron chi connectivity index (χ3n) is 3.19. The first kappa shape index (κ1) is 16.6. The molecule has 1 aliphatic rings. The molecule has 1 aromatic rings. The molecular formula is C13H18Cl2N2OS. The summed E-state index contributed by atoms with van der Waals surface area (Å²) in [5, 5.41) is 0.737. The first-order valence-corrected chi connectivity index (χ1v) is 7.75. The van der Waals surface area contributed by atoms with E-state index in [-0.39, 0.29) is 18.3 Å². The Labute approximate surface area is 129 Å². The van der Waals surface area contributed by atoms with Crippen molar-refractivity contribution in [2.45, 2.75) is 18.9 Å². The lowest BCUT2D eigenvalue weighted by Crippen LogP contribution is -2.43. The van der Waals surface area contributed by atoms with Gasteiger partial charge < -0.3 is 10.6 Å². The molecule has 106 valence electrons. The molecule has 0 saturated carbocycles. The molecule has 1 amide bonds. The number of halogens is 2. The Hall–Kier alpha value is -0.420. The van der Waals surface area contributed by atoms with Gasteiger partial charge in [-0.1, -0.05) is 17.7 Å². The molecule has 2 N–H and O–H groups in total. The molecular weight excluding hydrogens is 303 g/mol. The van der Waals surface area contributed by atoms with Crippen molar-refractivity contribution < 1.29 is 4.79 Å². The highest BCUT2D eigenvalue weighted by atomic mass is 35.5. The summed E-state index contributed by atoms with van der Waals surface area (Å²) in [5.74, 6) is 0.911. The summed E-state index contributed by atoms with van der Waals surface area (Å²) in [5.41, 5.74) is 7.92. The number of carbonyl (C=O) groups excluding carboxylic acids is 1. The maximum absolute atomic E-state index is 12.3. The molecule has 2 rings (SSSR count). The molecule has 0 spiro atoms. The molecule has 1 aliphatic heterocycles. The predicted octanol–water partition coefficient (Wildman–Crippen LogP) is 2.73. The summed E-state index contributed by atoms with van der Waals surface area (Å²) in [7, 11) is 0. The van der Waals surface area contributed by atoms with Crippen LogP contribution in [0.15, 0.2) is 18.2 Å². The van der Waals surface area contributed by atoms with Crippen LogP contribution < -0.4 is 10.6 Å². The van der Waals surface area contributed by atoms with Crippen molar-refractivity contribution in [3.05, 3.63) is 28.8 Å². The zero-order valence-electron chi connectivity index (χ0n) is 10.8. The first-order chi connectivity index (χ1) is 8.65. The van der Waals surface area contributed by atoms with Crippen molar-refractivity contribution in [3.8, 4) is 0 Å². The van der Waals surface area contributed by atoms with E-state index in [0.717, 1.165) is 28.4 Å². The number of nitrogens with two attached hydrogens (primary N) is 1. The number of fused-ring (bicyclic) bond motifs is 1. The van der Waals surface area contributed by atoms with Crippen LogP contribution in [0.1, 0.15) is 12.0 Å². The van der Waals surface area contributed by atoms with Gasteiger partial charge in [0.2, 0.25) is 5.91 Å². The molecule has 0 aromatic heterocycles. The summed E-state index contributed by atoms with van der Waals surface area (Å²) in [6.07, 6.45) is 3.55. The molecule has 1 heterocycles. The molecule has 0 radical (unpaired) electrons. The Morgan fingerprint density at radius 1 is 1.58 bits per heavy atom. The minimum Gasteiger partial charge on any atom is -0.320 e. The Morgan fingerprint density at radius 3 is 3.00 bits per heavy atom. The van der Waals surface area contributed by atoms with E-state index in [4.69, 9.17) is 17.3 Å². The third kappa shape index (κ3) is 3.57.